The van der Waals surface area contributed by atoms with Crippen molar-refractivity contribution < 1.29 is 14.6 Å². The van der Waals surface area contributed by atoms with Gasteiger partial charge in [0.25, 0.3) is 0 Å². The zero-order valence-electron chi connectivity index (χ0n) is 23.9. The van der Waals surface area contributed by atoms with E-state index >= 15 is 0 Å². The van der Waals surface area contributed by atoms with Crippen LogP contribution in [0.2, 0.25) is 10.0 Å². The van der Waals surface area contributed by atoms with E-state index in [-0.39, 0.29) is 18.2 Å². The molecule has 0 aliphatic carbocycles. The monoisotopic (exact) mass is 600 g/mol. The first-order valence-electron chi connectivity index (χ1n) is 13.8. The number of hydrogen-bond donors (Lipinski definition) is 1. The fraction of sp³-hybridized carbons (Fsp3) is 0.467. The van der Waals surface area contributed by atoms with Crippen LogP contribution in [0.5, 0.6) is 5.88 Å². The maximum Gasteiger partial charge on any atom is 0.303 e. The van der Waals surface area contributed by atoms with E-state index in [1.54, 1.807) is 12.3 Å². The molecule has 2 aliphatic rings. The van der Waals surface area contributed by atoms with Gasteiger partial charge < -0.3 is 19.6 Å². The molecule has 0 spiro atoms. The highest BCUT2D eigenvalue weighted by Gasteiger charge is 2.23. The standard InChI is InChI=1S/C30H38Cl2N6O3/c1-20-24(19-37-7-5-22(6-8-37)13-29(39)40)16-27(23-14-25(31)17-26(32)15-23)35-30(20)41-28(33-3)18-34-21(2)38-11-9-36(4)10-12-38/h14-18,22H,3,5-13,19H2,1-2,4H3,(H,39,40)/b28-18+,34-21+. The molecule has 41 heavy (non-hydrogen) atoms. The quantitative estimate of drug-likeness (QED) is 0.227. The third kappa shape index (κ3) is 8.75. The van der Waals surface area contributed by atoms with E-state index in [0.29, 0.717) is 28.2 Å². The third-order valence-electron chi connectivity index (χ3n) is 7.74. The molecular weight excluding hydrogens is 563 g/mol. The largest absolute Gasteiger partial charge is 0.481 e. The number of piperazine rings is 1. The number of piperidine rings is 1. The van der Waals surface area contributed by atoms with Crippen molar-refractivity contribution in [1.82, 2.24) is 19.7 Å². The first-order chi connectivity index (χ1) is 19.6. The summed E-state index contributed by atoms with van der Waals surface area (Å²) in [6.45, 7) is 13.8. The lowest BCUT2D eigenvalue weighted by atomic mass is 9.93. The van der Waals surface area contributed by atoms with Gasteiger partial charge in [0.05, 0.1) is 11.9 Å². The number of carboxylic acids is 1. The number of benzene rings is 1. The first kappa shape index (κ1) is 31.0. The Morgan fingerprint density at radius 1 is 1.12 bits per heavy atom. The van der Waals surface area contributed by atoms with Crippen LogP contribution in [0.15, 0.2) is 46.3 Å². The predicted octanol–water partition coefficient (Wildman–Crippen LogP) is 5.59. The molecule has 0 unspecified atom stereocenters. The minimum absolute atomic E-state index is 0.214. The number of halogens is 2. The molecule has 2 fully saturated rings. The number of pyridine rings is 1. The van der Waals surface area contributed by atoms with Gasteiger partial charge in [-0.05, 0) is 89.3 Å². The number of aliphatic imine (C=N–C) groups is 2. The van der Waals surface area contributed by atoms with Gasteiger partial charge in [0.15, 0.2) is 0 Å². The molecule has 2 saturated heterocycles. The highest BCUT2D eigenvalue weighted by molar-refractivity contribution is 6.35. The molecule has 1 aromatic carbocycles. The van der Waals surface area contributed by atoms with E-state index in [9.17, 15) is 4.79 Å². The van der Waals surface area contributed by atoms with Crippen molar-refractivity contribution in [3.63, 3.8) is 0 Å². The second-order valence-electron chi connectivity index (χ2n) is 10.8. The van der Waals surface area contributed by atoms with Crippen LogP contribution in [0.25, 0.3) is 11.3 Å². The van der Waals surface area contributed by atoms with Crippen LogP contribution in [0.3, 0.4) is 0 Å². The van der Waals surface area contributed by atoms with Gasteiger partial charge in [-0.15, -0.1) is 0 Å². The van der Waals surface area contributed by atoms with Crippen molar-refractivity contribution in [2.45, 2.75) is 39.7 Å². The summed E-state index contributed by atoms with van der Waals surface area (Å²) in [5.41, 5.74) is 3.36. The molecule has 4 rings (SSSR count). The van der Waals surface area contributed by atoms with Gasteiger partial charge in [0, 0.05) is 60.3 Å². The number of ether oxygens (including phenoxy) is 1. The normalized spacial score (nSPS) is 18.0. The minimum Gasteiger partial charge on any atom is -0.481 e. The molecule has 0 atom stereocenters. The molecule has 2 aromatic rings. The lowest BCUT2D eigenvalue weighted by Gasteiger charge is -2.33. The second-order valence-corrected chi connectivity index (χ2v) is 11.6. The van der Waals surface area contributed by atoms with Gasteiger partial charge in [0.2, 0.25) is 11.8 Å². The summed E-state index contributed by atoms with van der Waals surface area (Å²) in [7, 11) is 2.12. The van der Waals surface area contributed by atoms with Gasteiger partial charge in [-0.25, -0.2) is 15.0 Å². The summed E-state index contributed by atoms with van der Waals surface area (Å²) in [5.74, 6) is 1.02. The maximum atomic E-state index is 11.1. The van der Waals surface area contributed by atoms with Gasteiger partial charge in [0.1, 0.15) is 5.84 Å². The highest BCUT2D eigenvalue weighted by atomic mass is 35.5. The van der Waals surface area contributed by atoms with E-state index in [2.05, 4.69) is 38.4 Å². The summed E-state index contributed by atoms with van der Waals surface area (Å²) >= 11 is 12.6. The Morgan fingerprint density at radius 3 is 2.39 bits per heavy atom. The number of nitrogens with zero attached hydrogens (tertiary/aromatic N) is 6. The Hall–Kier alpha value is -2.98. The Morgan fingerprint density at radius 2 is 1.78 bits per heavy atom. The number of likely N-dealkylation sites (N-methyl/N-ethyl adjacent to an activating group) is 1. The fourth-order valence-corrected chi connectivity index (χ4v) is 5.67. The zero-order valence-corrected chi connectivity index (χ0v) is 25.5. The Labute approximate surface area is 252 Å². The van der Waals surface area contributed by atoms with Gasteiger partial charge in [-0.2, -0.15) is 0 Å². The number of carbonyl (C=O) groups is 1. The van der Waals surface area contributed by atoms with Crippen LogP contribution < -0.4 is 4.74 Å². The van der Waals surface area contributed by atoms with Gasteiger partial charge in [-0.3, -0.25) is 9.69 Å². The molecule has 0 radical (unpaired) electrons. The number of carboxylic acid groups (broad SMARTS) is 1. The Balaban J connectivity index is 1.60. The fourth-order valence-electron chi connectivity index (χ4n) is 5.14. The molecule has 2 aliphatic heterocycles. The van der Waals surface area contributed by atoms with E-state index < -0.39 is 5.97 Å². The average molecular weight is 602 g/mol. The molecule has 3 heterocycles. The molecule has 0 bridgehead atoms. The number of aliphatic carboxylic acids is 1. The van der Waals surface area contributed by atoms with Crippen molar-refractivity contribution in [1.29, 1.82) is 0 Å². The van der Waals surface area contributed by atoms with E-state index in [1.165, 1.54) is 0 Å². The molecule has 0 saturated carbocycles. The van der Waals surface area contributed by atoms with Crippen molar-refractivity contribution in [3.05, 3.63) is 57.5 Å². The molecule has 220 valence electrons. The van der Waals surface area contributed by atoms with Gasteiger partial charge >= 0.3 is 5.97 Å². The molecular formula is C30H38Cl2N6O3. The third-order valence-corrected chi connectivity index (χ3v) is 8.17. The summed E-state index contributed by atoms with van der Waals surface area (Å²) in [4.78, 5) is 31.5. The molecule has 1 aromatic heterocycles. The predicted molar refractivity (Wildman–Crippen MR) is 165 cm³/mol. The number of amidine groups is 1. The van der Waals surface area contributed by atoms with Crippen LogP contribution in [-0.2, 0) is 11.3 Å². The van der Waals surface area contributed by atoms with Crippen LogP contribution in [0.4, 0.5) is 0 Å². The first-order valence-corrected chi connectivity index (χ1v) is 14.6. The van der Waals surface area contributed by atoms with Crippen molar-refractivity contribution in [2.75, 3.05) is 46.3 Å². The van der Waals surface area contributed by atoms with Crippen molar-refractivity contribution in [3.8, 4) is 17.1 Å². The van der Waals surface area contributed by atoms with E-state index in [4.69, 9.17) is 38.0 Å². The SMILES string of the molecule is C=N/C(=C\N=C(/C)N1CCN(C)CC1)Oc1nc(-c2cc(Cl)cc(Cl)c2)cc(CN2CCC(CC(=O)O)CC2)c1C. The number of aromatic nitrogens is 1. The molecule has 0 amide bonds. The summed E-state index contributed by atoms with van der Waals surface area (Å²) in [6.07, 6.45) is 3.51. The Kier molecular flexibility index (Phi) is 10.8. The Bertz CT molecular complexity index is 1300. The van der Waals surface area contributed by atoms with Crippen LogP contribution >= 0.6 is 23.2 Å². The smallest absolute Gasteiger partial charge is 0.303 e. The topological polar surface area (TPSA) is 93.9 Å². The number of likely N-dealkylation sites (tertiary alicyclic amines) is 1. The highest BCUT2D eigenvalue weighted by Crippen LogP contribution is 2.32. The maximum absolute atomic E-state index is 11.1. The average Bonchev–Trinajstić information content (AvgIpc) is 2.93. The summed E-state index contributed by atoms with van der Waals surface area (Å²) in [6, 6.07) is 7.36. The van der Waals surface area contributed by atoms with Crippen LogP contribution in [0.1, 0.15) is 37.3 Å². The van der Waals surface area contributed by atoms with Gasteiger partial charge in [-0.1, -0.05) is 23.2 Å². The van der Waals surface area contributed by atoms with E-state index in [1.807, 2.05) is 32.0 Å². The molecule has 11 heteroatoms. The molecule has 9 nitrogen and oxygen atoms in total. The minimum atomic E-state index is -0.734. The number of hydrogen-bond acceptors (Lipinski definition) is 7. The van der Waals surface area contributed by atoms with Crippen LogP contribution in [0, 0.1) is 12.8 Å². The lowest BCUT2D eigenvalue weighted by molar-refractivity contribution is -0.138. The molecule has 1 N–H and O–H groups in total. The van der Waals surface area contributed by atoms with Crippen LogP contribution in [-0.4, -0.2) is 89.6 Å². The van der Waals surface area contributed by atoms with E-state index in [0.717, 1.165) is 74.6 Å². The zero-order chi connectivity index (χ0) is 29.5. The summed E-state index contributed by atoms with van der Waals surface area (Å²) in [5, 5.41) is 10.2. The lowest BCUT2D eigenvalue weighted by Crippen LogP contribution is -2.46. The second kappa shape index (κ2) is 14.3. The van der Waals surface area contributed by atoms with Crippen molar-refractivity contribution in [2.24, 2.45) is 15.9 Å². The van der Waals surface area contributed by atoms with Crippen molar-refractivity contribution >= 4 is 41.7 Å². The number of rotatable bonds is 9. The summed E-state index contributed by atoms with van der Waals surface area (Å²) < 4.78 is 6.20.